The van der Waals surface area contributed by atoms with Gasteiger partial charge in [-0.2, -0.15) is 0 Å². The van der Waals surface area contributed by atoms with Crippen molar-refractivity contribution < 1.29 is 59.1 Å². The molecule has 2 saturated heterocycles. The van der Waals surface area contributed by atoms with Crippen molar-refractivity contribution in [2.24, 2.45) is 11.8 Å². The molecule has 0 unspecified atom stereocenters. The molecule has 2 heterocycles. The minimum Gasteiger partial charge on any atom is -0.504 e. The molecule has 0 saturated carbocycles. The lowest BCUT2D eigenvalue weighted by molar-refractivity contribution is -0.317. The maximum Gasteiger partial charge on any atom is 0.309 e. The van der Waals surface area contributed by atoms with Crippen molar-refractivity contribution in [1.82, 2.24) is 0 Å². The minimum absolute atomic E-state index is 0.0516. The zero-order valence-electron chi connectivity index (χ0n) is 20.8. The molecule has 2 aromatic rings. The fraction of sp³-hybridized carbons (Fsp3) is 0.500. The van der Waals surface area contributed by atoms with Crippen molar-refractivity contribution in [2.45, 2.75) is 43.2 Å². The van der Waals surface area contributed by atoms with Gasteiger partial charge in [0.1, 0.15) is 24.4 Å². The number of carbonyl (C=O) groups is 1. The van der Waals surface area contributed by atoms with Crippen LogP contribution in [0.25, 0.3) is 0 Å². The summed E-state index contributed by atoms with van der Waals surface area (Å²) < 4.78 is 27.5. The van der Waals surface area contributed by atoms with Gasteiger partial charge in [-0.1, -0.05) is 12.1 Å². The zero-order valence-corrected chi connectivity index (χ0v) is 20.8. The van der Waals surface area contributed by atoms with Crippen molar-refractivity contribution in [3.05, 3.63) is 47.5 Å². The minimum atomic E-state index is -1.67. The van der Waals surface area contributed by atoms with E-state index in [2.05, 4.69) is 0 Å². The molecule has 0 aromatic heterocycles. The summed E-state index contributed by atoms with van der Waals surface area (Å²) in [5.41, 5.74) is 1.14. The quantitative estimate of drug-likeness (QED) is 0.236. The number of aliphatic hydroxyl groups is 4. The Morgan fingerprint density at radius 1 is 0.947 bits per heavy atom. The molecule has 0 spiro atoms. The third-order valence-corrected chi connectivity index (χ3v) is 6.99. The SMILES string of the molecule is COc1cc(C[C@@H]2C(=O)OC[C@H]2[C@@H](O[C@@H]2O[C@H](CO)[C@@H](O)[C@H](O)[C@H]2O)c2ccc(O)c(OC)c2)ccc1O. The van der Waals surface area contributed by atoms with Gasteiger partial charge in [0.2, 0.25) is 0 Å². The number of benzene rings is 2. The molecule has 2 aromatic carbocycles. The van der Waals surface area contributed by atoms with E-state index in [0.29, 0.717) is 11.1 Å². The van der Waals surface area contributed by atoms with Crippen molar-refractivity contribution in [2.75, 3.05) is 27.4 Å². The second-order valence-corrected chi connectivity index (χ2v) is 9.30. The number of esters is 1. The molecular weight excluding hydrogens is 504 g/mol. The molecule has 0 bridgehead atoms. The molecule has 8 atom stereocenters. The lowest BCUT2D eigenvalue weighted by Crippen LogP contribution is -2.59. The third-order valence-electron chi connectivity index (χ3n) is 6.99. The third kappa shape index (κ3) is 5.51. The van der Waals surface area contributed by atoms with Crippen LogP contribution in [0.15, 0.2) is 36.4 Å². The molecule has 0 amide bonds. The van der Waals surface area contributed by atoms with Crippen LogP contribution in [0.3, 0.4) is 0 Å². The van der Waals surface area contributed by atoms with Gasteiger partial charge < -0.3 is 54.3 Å². The van der Waals surface area contributed by atoms with E-state index in [9.17, 15) is 35.4 Å². The Hall–Kier alpha value is -3.13. The molecule has 6 N–H and O–H groups in total. The highest BCUT2D eigenvalue weighted by Gasteiger charge is 2.48. The molecule has 2 aliphatic heterocycles. The standard InChI is InChI=1S/C26H32O12/c1-34-18-8-12(3-5-16(18)28)7-14-15(11-36-25(14)33)24(13-4-6-17(29)19(9-13)35-2)38-26-23(32)22(31)21(30)20(10-27)37-26/h3-6,8-9,14-15,20-24,26-32H,7,10-11H2,1-2H3/t14-,15+,20+,21+,22-,23+,24-,26-/m0/s1. The molecular formula is C26H32O12. The Bertz CT molecular complexity index is 1120. The lowest BCUT2D eigenvalue weighted by atomic mass is 9.82. The van der Waals surface area contributed by atoms with Crippen molar-refractivity contribution >= 4 is 5.97 Å². The van der Waals surface area contributed by atoms with Gasteiger partial charge in [0.25, 0.3) is 0 Å². The van der Waals surface area contributed by atoms with Crippen molar-refractivity contribution in [3.63, 3.8) is 0 Å². The summed E-state index contributed by atoms with van der Waals surface area (Å²) in [4.78, 5) is 12.9. The molecule has 12 heteroatoms. The second kappa shape index (κ2) is 11.7. The first-order chi connectivity index (χ1) is 18.2. The highest BCUT2D eigenvalue weighted by atomic mass is 16.7. The van der Waals surface area contributed by atoms with E-state index in [0.717, 1.165) is 0 Å². The van der Waals surface area contributed by atoms with Gasteiger partial charge in [0.05, 0.1) is 39.5 Å². The van der Waals surface area contributed by atoms with E-state index >= 15 is 0 Å². The summed E-state index contributed by atoms with van der Waals surface area (Å²) in [6.45, 7) is -0.692. The number of hydrogen-bond acceptors (Lipinski definition) is 12. The smallest absolute Gasteiger partial charge is 0.309 e. The molecule has 2 aliphatic rings. The topological polar surface area (TPSA) is 185 Å². The normalized spacial score (nSPS) is 30.1. The Kier molecular flexibility index (Phi) is 8.61. The van der Waals surface area contributed by atoms with E-state index in [4.69, 9.17) is 23.7 Å². The number of rotatable bonds is 9. The molecule has 12 nitrogen and oxygen atoms in total. The van der Waals surface area contributed by atoms with Crippen molar-refractivity contribution in [1.29, 1.82) is 0 Å². The Morgan fingerprint density at radius 3 is 2.26 bits per heavy atom. The largest absolute Gasteiger partial charge is 0.504 e. The summed E-state index contributed by atoms with van der Waals surface area (Å²) in [5, 5.41) is 60.6. The van der Waals surface area contributed by atoms with Gasteiger partial charge in [-0.15, -0.1) is 0 Å². The number of carbonyl (C=O) groups excluding carboxylic acids is 1. The van der Waals surface area contributed by atoms with Gasteiger partial charge in [-0.05, 0) is 41.8 Å². The summed E-state index contributed by atoms with van der Waals surface area (Å²) in [5.74, 6) is -1.67. The number of hydrogen-bond donors (Lipinski definition) is 6. The molecule has 2 fully saturated rings. The van der Waals surface area contributed by atoms with Crippen molar-refractivity contribution in [3.8, 4) is 23.0 Å². The van der Waals surface area contributed by atoms with Crippen LogP contribution < -0.4 is 9.47 Å². The van der Waals surface area contributed by atoms with Gasteiger partial charge in [-0.3, -0.25) is 4.79 Å². The average molecular weight is 537 g/mol. The maximum absolute atomic E-state index is 12.9. The van der Waals surface area contributed by atoms with Crippen LogP contribution in [0.4, 0.5) is 0 Å². The molecule has 208 valence electrons. The number of aliphatic hydroxyl groups excluding tert-OH is 4. The van der Waals surface area contributed by atoms with Gasteiger partial charge >= 0.3 is 5.97 Å². The van der Waals surface area contributed by atoms with Gasteiger partial charge in [0, 0.05) is 5.92 Å². The van der Waals surface area contributed by atoms with E-state index in [1.54, 1.807) is 18.2 Å². The monoisotopic (exact) mass is 536 g/mol. The first-order valence-corrected chi connectivity index (χ1v) is 12.0. The van der Waals surface area contributed by atoms with E-state index in [-0.39, 0.29) is 36.0 Å². The van der Waals surface area contributed by atoms with Crippen LogP contribution in [0.5, 0.6) is 23.0 Å². The molecule has 0 aliphatic carbocycles. The average Bonchev–Trinajstić information content (AvgIpc) is 3.27. The van der Waals surface area contributed by atoms with E-state index in [1.165, 1.54) is 32.4 Å². The highest BCUT2D eigenvalue weighted by molar-refractivity contribution is 5.75. The van der Waals surface area contributed by atoms with E-state index in [1.807, 2.05) is 0 Å². The number of ether oxygens (including phenoxy) is 5. The number of methoxy groups -OCH3 is 2. The van der Waals surface area contributed by atoms with Crippen LogP contribution in [-0.4, -0.2) is 94.7 Å². The fourth-order valence-electron chi connectivity index (χ4n) is 4.83. The maximum atomic E-state index is 12.9. The Labute approximate surface area is 218 Å². The summed E-state index contributed by atoms with van der Waals surface area (Å²) in [6.07, 6.45) is -8.38. The summed E-state index contributed by atoms with van der Waals surface area (Å²) in [7, 11) is 2.78. The number of phenolic OH excluding ortho intramolecular Hbond substituents is 2. The van der Waals surface area contributed by atoms with Crippen LogP contribution in [0.2, 0.25) is 0 Å². The predicted molar refractivity (Wildman–Crippen MR) is 129 cm³/mol. The fourth-order valence-corrected chi connectivity index (χ4v) is 4.83. The molecule has 38 heavy (non-hydrogen) atoms. The molecule has 0 radical (unpaired) electrons. The Balaban J connectivity index is 1.69. The number of phenols is 2. The van der Waals surface area contributed by atoms with Crippen LogP contribution in [0, 0.1) is 11.8 Å². The van der Waals surface area contributed by atoms with Gasteiger partial charge in [0.15, 0.2) is 29.3 Å². The summed E-state index contributed by atoms with van der Waals surface area (Å²) in [6, 6.07) is 9.15. The van der Waals surface area contributed by atoms with Gasteiger partial charge in [-0.25, -0.2) is 0 Å². The Morgan fingerprint density at radius 2 is 1.61 bits per heavy atom. The lowest BCUT2D eigenvalue weighted by Gasteiger charge is -2.41. The predicted octanol–water partition coefficient (Wildman–Crippen LogP) is 0.00450. The highest BCUT2D eigenvalue weighted by Crippen LogP contribution is 2.42. The molecule has 4 rings (SSSR count). The number of cyclic esters (lactones) is 1. The van der Waals surface area contributed by atoms with Crippen LogP contribution in [-0.2, 0) is 25.4 Å². The first-order valence-electron chi connectivity index (χ1n) is 12.0. The first kappa shape index (κ1) is 27.9. The van der Waals surface area contributed by atoms with Crippen LogP contribution >= 0.6 is 0 Å². The zero-order chi connectivity index (χ0) is 27.6. The second-order valence-electron chi connectivity index (χ2n) is 9.30. The summed E-state index contributed by atoms with van der Waals surface area (Å²) >= 11 is 0. The van der Waals surface area contributed by atoms with E-state index < -0.39 is 61.2 Å². The van der Waals surface area contributed by atoms with Crippen LogP contribution in [0.1, 0.15) is 17.2 Å². The number of aromatic hydroxyl groups is 2.